The predicted octanol–water partition coefficient (Wildman–Crippen LogP) is 2.63. The van der Waals surface area contributed by atoms with E-state index < -0.39 is 17.2 Å². The molecule has 1 aromatic heterocycles. The minimum atomic E-state index is -0.805. The van der Waals surface area contributed by atoms with Crippen LogP contribution in [0.2, 0.25) is 0 Å². The van der Waals surface area contributed by atoms with E-state index in [1.165, 1.54) is 16.8 Å². The van der Waals surface area contributed by atoms with Gasteiger partial charge in [-0.3, -0.25) is 0 Å². The third kappa shape index (κ3) is 3.69. The molecule has 6 heteroatoms. The molecule has 0 fully saturated rings. The Labute approximate surface area is 128 Å². The number of halogens is 2. The smallest absolute Gasteiger partial charge is 0.151 e. The van der Waals surface area contributed by atoms with Crippen LogP contribution in [0.3, 0.4) is 0 Å². The van der Waals surface area contributed by atoms with Crippen LogP contribution in [0.4, 0.5) is 8.78 Å². The van der Waals surface area contributed by atoms with Crippen molar-refractivity contribution in [3.8, 4) is 5.69 Å². The molecule has 120 valence electrons. The number of aryl methyl sites for hydroxylation is 1. The Bertz CT molecular complexity index is 675. The van der Waals surface area contributed by atoms with Gasteiger partial charge in [-0.15, -0.1) is 0 Å². The van der Waals surface area contributed by atoms with Gasteiger partial charge >= 0.3 is 0 Å². The summed E-state index contributed by atoms with van der Waals surface area (Å²) in [5, 5.41) is 17.2. The number of aromatic nitrogens is 2. The van der Waals surface area contributed by atoms with Crippen molar-refractivity contribution >= 4 is 0 Å². The second kappa shape index (κ2) is 6.14. The molecule has 1 aromatic carbocycles. The molecule has 0 atom stereocenters. The van der Waals surface area contributed by atoms with Gasteiger partial charge in [0.2, 0.25) is 0 Å². The predicted molar refractivity (Wildman–Crippen MR) is 81.0 cm³/mol. The van der Waals surface area contributed by atoms with Crippen LogP contribution >= 0.6 is 0 Å². The summed E-state index contributed by atoms with van der Waals surface area (Å²) >= 11 is 0. The van der Waals surface area contributed by atoms with Gasteiger partial charge in [0.15, 0.2) is 5.82 Å². The highest BCUT2D eigenvalue weighted by Crippen LogP contribution is 2.20. The van der Waals surface area contributed by atoms with E-state index in [0.717, 1.165) is 23.0 Å². The SMILES string of the molecule is Cc1nn(-c2ccc(F)cc2F)c(C)c1CNCC(C)(C)O. The summed E-state index contributed by atoms with van der Waals surface area (Å²) in [5.74, 6) is -1.27. The molecule has 0 radical (unpaired) electrons. The first-order valence-electron chi connectivity index (χ1n) is 7.12. The second-order valence-electron chi connectivity index (χ2n) is 6.07. The van der Waals surface area contributed by atoms with Crippen LogP contribution < -0.4 is 5.32 Å². The van der Waals surface area contributed by atoms with Crippen molar-refractivity contribution in [3.05, 3.63) is 46.8 Å². The van der Waals surface area contributed by atoms with Crippen LogP contribution in [0, 0.1) is 25.5 Å². The summed E-state index contributed by atoms with van der Waals surface area (Å²) in [5.41, 5.74) is 1.90. The molecule has 0 saturated heterocycles. The van der Waals surface area contributed by atoms with E-state index in [4.69, 9.17) is 0 Å². The first kappa shape index (κ1) is 16.6. The molecule has 0 amide bonds. The van der Waals surface area contributed by atoms with Gasteiger partial charge in [-0.05, 0) is 39.8 Å². The van der Waals surface area contributed by atoms with Crippen molar-refractivity contribution in [1.29, 1.82) is 0 Å². The summed E-state index contributed by atoms with van der Waals surface area (Å²) in [7, 11) is 0. The molecular formula is C16H21F2N3O. The van der Waals surface area contributed by atoms with Gasteiger partial charge in [-0.25, -0.2) is 13.5 Å². The Morgan fingerprint density at radius 3 is 2.55 bits per heavy atom. The molecular weight excluding hydrogens is 288 g/mol. The Morgan fingerprint density at radius 2 is 1.95 bits per heavy atom. The third-order valence-electron chi connectivity index (χ3n) is 3.44. The lowest BCUT2D eigenvalue weighted by Gasteiger charge is -2.17. The van der Waals surface area contributed by atoms with Gasteiger partial charge in [-0.2, -0.15) is 5.10 Å². The zero-order valence-corrected chi connectivity index (χ0v) is 13.2. The van der Waals surface area contributed by atoms with Gasteiger partial charge < -0.3 is 10.4 Å². The summed E-state index contributed by atoms with van der Waals surface area (Å²) in [6.07, 6.45) is 0. The number of benzene rings is 1. The number of nitrogens with one attached hydrogen (secondary N) is 1. The normalized spacial score (nSPS) is 12.0. The van der Waals surface area contributed by atoms with E-state index in [1.807, 2.05) is 13.8 Å². The van der Waals surface area contributed by atoms with Crippen LogP contribution in [-0.2, 0) is 6.54 Å². The highest BCUT2D eigenvalue weighted by atomic mass is 19.1. The van der Waals surface area contributed by atoms with Gasteiger partial charge in [-0.1, -0.05) is 0 Å². The van der Waals surface area contributed by atoms with Crippen LogP contribution in [-0.4, -0.2) is 27.0 Å². The highest BCUT2D eigenvalue weighted by Gasteiger charge is 2.17. The van der Waals surface area contributed by atoms with Crippen LogP contribution in [0.25, 0.3) is 5.69 Å². The summed E-state index contributed by atoms with van der Waals surface area (Å²) in [4.78, 5) is 0. The molecule has 2 rings (SSSR count). The first-order valence-corrected chi connectivity index (χ1v) is 7.12. The first-order chi connectivity index (χ1) is 10.2. The molecule has 2 N–H and O–H groups in total. The molecule has 4 nitrogen and oxygen atoms in total. The largest absolute Gasteiger partial charge is 0.389 e. The van der Waals surface area contributed by atoms with E-state index in [1.54, 1.807) is 13.8 Å². The number of nitrogens with zero attached hydrogens (tertiary/aromatic N) is 2. The molecule has 0 aliphatic heterocycles. The minimum absolute atomic E-state index is 0.218. The average molecular weight is 309 g/mol. The summed E-state index contributed by atoms with van der Waals surface area (Å²) in [6, 6.07) is 3.43. The average Bonchev–Trinajstić information content (AvgIpc) is 2.65. The lowest BCUT2D eigenvalue weighted by atomic mass is 10.1. The summed E-state index contributed by atoms with van der Waals surface area (Å²) in [6.45, 7) is 8.07. The highest BCUT2D eigenvalue weighted by molar-refractivity contribution is 5.38. The lowest BCUT2D eigenvalue weighted by Crippen LogP contribution is -2.34. The monoisotopic (exact) mass is 309 g/mol. The topological polar surface area (TPSA) is 50.1 Å². The summed E-state index contributed by atoms with van der Waals surface area (Å²) < 4.78 is 28.4. The molecule has 0 unspecified atom stereocenters. The number of hydrogen-bond donors (Lipinski definition) is 2. The Balaban J connectivity index is 2.27. The molecule has 0 aliphatic carbocycles. The molecule has 2 aromatic rings. The number of hydrogen-bond acceptors (Lipinski definition) is 3. The second-order valence-corrected chi connectivity index (χ2v) is 6.07. The van der Waals surface area contributed by atoms with Crippen LogP contribution in [0.15, 0.2) is 18.2 Å². The van der Waals surface area contributed by atoms with E-state index >= 15 is 0 Å². The van der Waals surface area contributed by atoms with E-state index in [0.29, 0.717) is 13.1 Å². The minimum Gasteiger partial charge on any atom is -0.389 e. The van der Waals surface area contributed by atoms with Crippen molar-refractivity contribution in [2.24, 2.45) is 0 Å². The fraction of sp³-hybridized carbons (Fsp3) is 0.438. The van der Waals surface area contributed by atoms with Crippen molar-refractivity contribution in [2.45, 2.75) is 39.8 Å². The number of rotatable bonds is 5. The quantitative estimate of drug-likeness (QED) is 0.892. The molecule has 0 saturated carbocycles. The van der Waals surface area contributed by atoms with E-state index in [2.05, 4.69) is 10.4 Å². The Kier molecular flexibility index (Phi) is 4.63. The maximum absolute atomic E-state index is 13.9. The molecule has 0 aliphatic rings. The standard InChI is InChI=1S/C16H21F2N3O/c1-10-13(8-19-9-16(3,4)22)11(2)21(20-10)15-6-5-12(17)7-14(15)18/h5-7,19,22H,8-9H2,1-4H3. The third-order valence-corrected chi connectivity index (χ3v) is 3.44. The van der Waals surface area contributed by atoms with E-state index in [9.17, 15) is 13.9 Å². The van der Waals surface area contributed by atoms with Gasteiger partial charge in [0, 0.05) is 30.4 Å². The molecule has 22 heavy (non-hydrogen) atoms. The maximum atomic E-state index is 13.9. The lowest BCUT2D eigenvalue weighted by molar-refractivity contribution is 0.0794. The molecule has 0 bridgehead atoms. The van der Waals surface area contributed by atoms with Crippen molar-refractivity contribution in [1.82, 2.24) is 15.1 Å². The molecule has 0 spiro atoms. The van der Waals surface area contributed by atoms with Crippen molar-refractivity contribution < 1.29 is 13.9 Å². The molecule has 1 heterocycles. The van der Waals surface area contributed by atoms with Gasteiger partial charge in [0.25, 0.3) is 0 Å². The van der Waals surface area contributed by atoms with Crippen molar-refractivity contribution in [2.75, 3.05) is 6.54 Å². The zero-order chi connectivity index (χ0) is 16.5. The van der Waals surface area contributed by atoms with E-state index in [-0.39, 0.29) is 5.69 Å². The van der Waals surface area contributed by atoms with Gasteiger partial charge in [0.05, 0.1) is 11.3 Å². The fourth-order valence-corrected chi connectivity index (χ4v) is 2.31. The Morgan fingerprint density at radius 1 is 1.27 bits per heavy atom. The van der Waals surface area contributed by atoms with Gasteiger partial charge in [0.1, 0.15) is 11.5 Å². The maximum Gasteiger partial charge on any atom is 0.151 e. The zero-order valence-electron chi connectivity index (χ0n) is 13.2. The number of aliphatic hydroxyl groups is 1. The fourth-order valence-electron chi connectivity index (χ4n) is 2.31. The van der Waals surface area contributed by atoms with Crippen LogP contribution in [0.1, 0.15) is 30.8 Å². The van der Waals surface area contributed by atoms with Crippen molar-refractivity contribution in [3.63, 3.8) is 0 Å². The Hall–Kier alpha value is -1.79. The van der Waals surface area contributed by atoms with Crippen LogP contribution in [0.5, 0.6) is 0 Å².